The number of rotatable bonds is 13. The second-order valence-corrected chi connectivity index (χ2v) is 7.06. The van der Waals surface area contributed by atoms with Crippen molar-refractivity contribution in [2.45, 2.75) is 27.7 Å². The van der Waals surface area contributed by atoms with E-state index < -0.39 is 0 Å². The van der Waals surface area contributed by atoms with Gasteiger partial charge >= 0.3 is 0 Å². The van der Waals surface area contributed by atoms with Crippen molar-refractivity contribution in [1.29, 1.82) is 0 Å². The molecule has 0 unspecified atom stereocenters. The first-order valence-electron chi connectivity index (χ1n) is 10.8. The van der Waals surface area contributed by atoms with E-state index in [0.29, 0.717) is 0 Å². The molecule has 0 saturated carbocycles. The van der Waals surface area contributed by atoms with Crippen molar-refractivity contribution < 1.29 is 0 Å². The number of nitrogens with zero attached hydrogens (tertiary/aromatic N) is 2. The minimum absolute atomic E-state index is 0.981. The summed E-state index contributed by atoms with van der Waals surface area (Å²) in [6, 6.07) is 17.5. The van der Waals surface area contributed by atoms with Crippen LogP contribution in [-0.4, -0.2) is 62.2 Å². The summed E-state index contributed by atoms with van der Waals surface area (Å²) in [4.78, 5) is 4.86. The lowest BCUT2D eigenvalue weighted by atomic mass is 10.0. The molecule has 154 valence electrons. The van der Waals surface area contributed by atoms with E-state index >= 15 is 0 Å². The standard InChI is InChI=1S/C24H38N4/c1-5-27(6-2)19-17-25-23-13-9-21(10-14-23)22-11-15-24(16-12-22)26-18-20-28(7-3)8-4/h9-16,25-26H,5-8,17-20H2,1-4H3. The van der Waals surface area contributed by atoms with Crippen LogP contribution in [0.3, 0.4) is 0 Å². The quantitative estimate of drug-likeness (QED) is 0.518. The van der Waals surface area contributed by atoms with Crippen molar-refractivity contribution >= 4 is 11.4 Å². The molecule has 0 radical (unpaired) electrons. The molecular weight excluding hydrogens is 344 g/mol. The van der Waals surface area contributed by atoms with Crippen LogP contribution in [0.4, 0.5) is 11.4 Å². The zero-order valence-electron chi connectivity index (χ0n) is 18.2. The Labute approximate surface area is 171 Å². The topological polar surface area (TPSA) is 30.5 Å². The molecular formula is C24H38N4. The molecule has 4 nitrogen and oxygen atoms in total. The highest BCUT2D eigenvalue weighted by Gasteiger charge is 2.02. The van der Waals surface area contributed by atoms with Crippen LogP contribution in [0.25, 0.3) is 11.1 Å². The van der Waals surface area contributed by atoms with Gasteiger partial charge in [0.15, 0.2) is 0 Å². The molecule has 0 heterocycles. The van der Waals surface area contributed by atoms with Crippen LogP contribution in [-0.2, 0) is 0 Å². The third kappa shape index (κ3) is 7.17. The maximum atomic E-state index is 3.52. The highest BCUT2D eigenvalue weighted by molar-refractivity contribution is 5.68. The lowest BCUT2D eigenvalue weighted by molar-refractivity contribution is 0.316. The average Bonchev–Trinajstić information content (AvgIpc) is 2.75. The zero-order chi connectivity index (χ0) is 20.2. The van der Waals surface area contributed by atoms with E-state index in [9.17, 15) is 0 Å². The molecule has 0 amide bonds. The Balaban J connectivity index is 1.83. The summed E-state index contributed by atoms with van der Waals surface area (Å²) in [6.45, 7) is 17.4. The summed E-state index contributed by atoms with van der Waals surface area (Å²) in [5.74, 6) is 0. The van der Waals surface area contributed by atoms with Gasteiger partial charge in [0.1, 0.15) is 0 Å². The van der Waals surface area contributed by atoms with Gasteiger partial charge in [-0.3, -0.25) is 0 Å². The minimum Gasteiger partial charge on any atom is -0.384 e. The number of hydrogen-bond donors (Lipinski definition) is 2. The number of likely N-dealkylation sites (N-methyl/N-ethyl adjacent to an activating group) is 2. The molecule has 0 saturated heterocycles. The first-order chi connectivity index (χ1) is 13.7. The van der Waals surface area contributed by atoms with Gasteiger partial charge in [0.2, 0.25) is 0 Å². The first kappa shape index (κ1) is 22.3. The van der Waals surface area contributed by atoms with Crippen LogP contribution in [0.2, 0.25) is 0 Å². The van der Waals surface area contributed by atoms with Crippen LogP contribution in [0, 0.1) is 0 Å². The Kier molecular flexibility index (Phi) is 9.87. The van der Waals surface area contributed by atoms with Gasteiger partial charge in [0.25, 0.3) is 0 Å². The van der Waals surface area contributed by atoms with E-state index in [2.05, 4.69) is 96.7 Å². The minimum atomic E-state index is 0.981. The average molecular weight is 383 g/mol. The number of nitrogens with one attached hydrogen (secondary N) is 2. The normalized spacial score (nSPS) is 11.2. The van der Waals surface area contributed by atoms with Gasteiger partial charge in [-0.15, -0.1) is 0 Å². The van der Waals surface area contributed by atoms with E-state index in [1.165, 1.54) is 22.5 Å². The van der Waals surface area contributed by atoms with E-state index in [0.717, 1.165) is 52.4 Å². The van der Waals surface area contributed by atoms with Gasteiger partial charge in [-0.2, -0.15) is 0 Å². The molecule has 0 spiro atoms. The fraction of sp³-hybridized carbons (Fsp3) is 0.500. The fourth-order valence-corrected chi connectivity index (χ4v) is 3.36. The lowest BCUT2D eigenvalue weighted by Crippen LogP contribution is -2.28. The smallest absolute Gasteiger partial charge is 0.0341 e. The van der Waals surface area contributed by atoms with Crippen molar-refractivity contribution in [2.24, 2.45) is 0 Å². The monoisotopic (exact) mass is 382 g/mol. The zero-order valence-corrected chi connectivity index (χ0v) is 18.2. The third-order valence-electron chi connectivity index (χ3n) is 5.41. The van der Waals surface area contributed by atoms with Gasteiger partial charge in [-0.25, -0.2) is 0 Å². The molecule has 0 aliphatic heterocycles. The SMILES string of the molecule is CCN(CC)CCNc1ccc(-c2ccc(NCCN(CC)CC)cc2)cc1. The van der Waals surface area contributed by atoms with Gasteiger partial charge in [-0.1, -0.05) is 52.0 Å². The van der Waals surface area contributed by atoms with Crippen LogP contribution < -0.4 is 10.6 Å². The molecule has 0 fully saturated rings. The highest BCUT2D eigenvalue weighted by Crippen LogP contribution is 2.23. The second kappa shape index (κ2) is 12.4. The van der Waals surface area contributed by atoms with Crippen molar-refractivity contribution in [3.8, 4) is 11.1 Å². The molecule has 2 N–H and O–H groups in total. The summed E-state index contributed by atoms with van der Waals surface area (Å²) < 4.78 is 0. The Hall–Kier alpha value is -2.04. The van der Waals surface area contributed by atoms with E-state index in [-0.39, 0.29) is 0 Å². The summed E-state index contributed by atoms with van der Waals surface area (Å²) in [6.07, 6.45) is 0. The Morgan fingerprint density at radius 3 is 1.14 bits per heavy atom. The fourth-order valence-electron chi connectivity index (χ4n) is 3.36. The third-order valence-corrected chi connectivity index (χ3v) is 5.41. The predicted molar refractivity (Wildman–Crippen MR) is 124 cm³/mol. The second-order valence-electron chi connectivity index (χ2n) is 7.06. The van der Waals surface area contributed by atoms with Gasteiger partial charge in [-0.05, 0) is 61.6 Å². The molecule has 2 aromatic rings. The molecule has 2 rings (SSSR count). The molecule has 4 heteroatoms. The number of anilines is 2. The molecule has 0 aliphatic carbocycles. The maximum absolute atomic E-state index is 3.52. The molecule has 0 aliphatic rings. The molecule has 2 aromatic carbocycles. The largest absolute Gasteiger partial charge is 0.384 e. The summed E-state index contributed by atoms with van der Waals surface area (Å²) in [5, 5.41) is 7.04. The molecule has 0 aromatic heterocycles. The van der Waals surface area contributed by atoms with E-state index in [1.807, 2.05) is 0 Å². The molecule has 0 atom stereocenters. The first-order valence-corrected chi connectivity index (χ1v) is 10.8. The Morgan fingerprint density at radius 1 is 0.536 bits per heavy atom. The van der Waals surface area contributed by atoms with Gasteiger partial charge in [0, 0.05) is 37.6 Å². The van der Waals surface area contributed by atoms with Gasteiger partial charge in [0.05, 0.1) is 0 Å². The summed E-state index contributed by atoms with van der Waals surface area (Å²) >= 11 is 0. The Morgan fingerprint density at radius 2 is 0.857 bits per heavy atom. The van der Waals surface area contributed by atoms with Crippen LogP contribution in [0.15, 0.2) is 48.5 Å². The lowest BCUT2D eigenvalue weighted by Gasteiger charge is -2.18. The van der Waals surface area contributed by atoms with E-state index in [1.54, 1.807) is 0 Å². The van der Waals surface area contributed by atoms with Gasteiger partial charge < -0.3 is 20.4 Å². The van der Waals surface area contributed by atoms with Crippen molar-refractivity contribution in [3.63, 3.8) is 0 Å². The van der Waals surface area contributed by atoms with E-state index in [4.69, 9.17) is 0 Å². The van der Waals surface area contributed by atoms with Crippen LogP contribution in [0.1, 0.15) is 27.7 Å². The van der Waals surface area contributed by atoms with Crippen molar-refractivity contribution in [1.82, 2.24) is 9.80 Å². The highest BCUT2D eigenvalue weighted by atomic mass is 15.1. The predicted octanol–water partition coefficient (Wildman–Crippen LogP) is 4.86. The summed E-state index contributed by atoms with van der Waals surface area (Å²) in [5.41, 5.74) is 4.88. The number of benzene rings is 2. The molecule has 28 heavy (non-hydrogen) atoms. The summed E-state index contributed by atoms with van der Waals surface area (Å²) in [7, 11) is 0. The molecule has 0 bridgehead atoms. The Bertz CT molecular complexity index is 584. The van der Waals surface area contributed by atoms with Crippen LogP contribution >= 0.6 is 0 Å². The van der Waals surface area contributed by atoms with Crippen molar-refractivity contribution in [2.75, 3.05) is 63.0 Å². The maximum Gasteiger partial charge on any atom is 0.0341 e. The van der Waals surface area contributed by atoms with Crippen molar-refractivity contribution in [3.05, 3.63) is 48.5 Å². The number of hydrogen-bond acceptors (Lipinski definition) is 4. The van der Waals surface area contributed by atoms with Crippen LogP contribution in [0.5, 0.6) is 0 Å².